The van der Waals surface area contributed by atoms with Crippen molar-refractivity contribution in [2.45, 2.75) is 38.9 Å². The Hall–Kier alpha value is -3.98. The number of phenols is 2. The van der Waals surface area contributed by atoms with Gasteiger partial charge in [-0.2, -0.15) is 0 Å². The molecule has 34 heavy (non-hydrogen) atoms. The number of carbonyl (C=O) groups is 2. The van der Waals surface area contributed by atoms with Crippen molar-refractivity contribution in [2.75, 3.05) is 7.11 Å². The Labute approximate surface area is 195 Å². The van der Waals surface area contributed by atoms with E-state index in [9.17, 15) is 24.9 Å². The van der Waals surface area contributed by atoms with Gasteiger partial charge in [0.2, 0.25) is 0 Å². The van der Waals surface area contributed by atoms with Crippen LogP contribution in [0, 0.1) is 6.92 Å². The number of phenolic OH excluding ortho intramolecular Hbond substituents is 2. The van der Waals surface area contributed by atoms with Crippen molar-refractivity contribution in [2.24, 2.45) is 0 Å². The summed E-state index contributed by atoms with van der Waals surface area (Å²) in [6.45, 7) is 3.07. The summed E-state index contributed by atoms with van der Waals surface area (Å²) in [7, 11) is 1.24. The first kappa shape index (κ1) is 23.2. The predicted molar refractivity (Wildman–Crippen MR) is 120 cm³/mol. The van der Waals surface area contributed by atoms with E-state index in [1.807, 2.05) is 0 Å². The van der Waals surface area contributed by atoms with Gasteiger partial charge in [0.1, 0.15) is 23.4 Å². The first-order valence-electron chi connectivity index (χ1n) is 10.6. The number of fused-ring (bicyclic) bond motifs is 1. The van der Waals surface area contributed by atoms with Crippen LogP contribution in [0.5, 0.6) is 17.2 Å². The number of methoxy groups -OCH3 is 1. The van der Waals surface area contributed by atoms with Gasteiger partial charge in [-0.3, -0.25) is 19.6 Å². The topological polar surface area (TPSA) is 139 Å². The molecule has 0 aliphatic carbocycles. The van der Waals surface area contributed by atoms with Gasteiger partial charge in [0, 0.05) is 46.8 Å². The highest BCUT2D eigenvalue weighted by atomic mass is 16.5. The molecule has 0 fully saturated rings. The maximum atomic E-state index is 12.5. The quantitative estimate of drug-likeness (QED) is 0.370. The molecule has 4 rings (SSSR count). The van der Waals surface area contributed by atoms with Crippen molar-refractivity contribution in [1.82, 2.24) is 9.97 Å². The van der Waals surface area contributed by atoms with E-state index in [-0.39, 0.29) is 41.2 Å². The minimum atomic E-state index is -0.915. The van der Waals surface area contributed by atoms with E-state index in [0.29, 0.717) is 22.4 Å². The van der Waals surface area contributed by atoms with E-state index in [2.05, 4.69) is 9.97 Å². The third kappa shape index (κ3) is 3.94. The molecule has 0 bridgehead atoms. The molecule has 0 amide bonds. The molecule has 0 saturated carbocycles. The summed E-state index contributed by atoms with van der Waals surface area (Å²) in [5.41, 5.74) is 2.09. The molecule has 1 aromatic carbocycles. The van der Waals surface area contributed by atoms with E-state index < -0.39 is 29.5 Å². The Morgan fingerprint density at radius 1 is 1.21 bits per heavy atom. The number of ketones is 1. The van der Waals surface area contributed by atoms with Crippen LogP contribution in [0.4, 0.5) is 0 Å². The molecule has 9 nitrogen and oxygen atoms in total. The van der Waals surface area contributed by atoms with Crippen LogP contribution >= 0.6 is 0 Å². The number of pyridine rings is 2. The van der Waals surface area contributed by atoms with Crippen molar-refractivity contribution in [3.8, 4) is 17.2 Å². The van der Waals surface area contributed by atoms with Gasteiger partial charge in [-0.1, -0.05) is 6.07 Å². The molecule has 0 saturated heterocycles. The summed E-state index contributed by atoms with van der Waals surface area (Å²) in [5, 5.41) is 33.2. The SMILES string of the molecule is COC(=O)C[C@@H](c1cccnc1)c1c(O)c(C(C)=O)cc([C@H]2OCc3cnc(C)c(O)c32)c1O. The van der Waals surface area contributed by atoms with Crippen LogP contribution in [0.3, 0.4) is 0 Å². The smallest absolute Gasteiger partial charge is 0.306 e. The third-order valence-corrected chi connectivity index (χ3v) is 6.06. The van der Waals surface area contributed by atoms with Crippen LogP contribution in [0.15, 0.2) is 36.8 Å². The summed E-state index contributed by atoms with van der Waals surface area (Å²) >= 11 is 0. The first-order valence-corrected chi connectivity index (χ1v) is 10.6. The average molecular weight is 464 g/mol. The number of rotatable bonds is 6. The van der Waals surface area contributed by atoms with Crippen molar-refractivity contribution in [3.63, 3.8) is 0 Å². The highest BCUT2D eigenvalue weighted by Crippen LogP contribution is 2.50. The number of aromatic nitrogens is 2. The predicted octanol–water partition coefficient (Wildman–Crippen LogP) is 3.42. The Bertz CT molecular complexity index is 1270. The molecule has 0 unspecified atom stereocenters. The minimum absolute atomic E-state index is 0.0246. The number of aryl methyl sites for hydroxylation is 1. The van der Waals surface area contributed by atoms with Gasteiger partial charge in [-0.15, -0.1) is 0 Å². The molecule has 0 spiro atoms. The number of aromatic hydroxyl groups is 3. The van der Waals surface area contributed by atoms with Crippen molar-refractivity contribution < 1.29 is 34.4 Å². The lowest BCUT2D eigenvalue weighted by Gasteiger charge is -2.24. The summed E-state index contributed by atoms with van der Waals surface area (Å²) < 4.78 is 10.7. The fourth-order valence-corrected chi connectivity index (χ4v) is 4.28. The number of carbonyl (C=O) groups excluding carboxylic acids is 2. The van der Waals surface area contributed by atoms with Crippen molar-refractivity contribution >= 4 is 11.8 Å². The van der Waals surface area contributed by atoms with Crippen molar-refractivity contribution in [3.05, 3.63) is 75.9 Å². The minimum Gasteiger partial charge on any atom is -0.507 e. The second kappa shape index (κ2) is 9.11. The van der Waals surface area contributed by atoms with Crippen LogP contribution in [0.25, 0.3) is 0 Å². The van der Waals surface area contributed by atoms with Gasteiger partial charge in [0.15, 0.2) is 5.78 Å². The second-order valence-corrected chi connectivity index (χ2v) is 8.12. The van der Waals surface area contributed by atoms with E-state index in [1.54, 1.807) is 31.5 Å². The van der Waals surface area contributed by atoms with E-state index in [0.717, 1.165) is 0 Å². The third-order valence-electron chi connectivity index (χ3n) is 6.06. The maximum absolute atomic E-state index is 12.5. The number of ether oxygens (including phenoxy) is 2. The molecule has 3 aromatic rings. The number of nitrogens with zero attached hydrogens (tertiary/aromatic N) is 2. The molecule has 9 heteroatoms. The standard InChI is InChI=1S/C25H24N2O7/c1-12-22(30)20-15(10-27-12)11-34-25(20)18-7-16(13(2)28)23(31)21(24(18)32)17(8-19(29)33-3)14-5-4-6-26-9-14/h4-7,9-10,17,25,30-32H,8,11H2,1-3H3/t17-,25+/m0/s1. The van der Waals surface area contributed by atoms with Gasteiger partial charge in [-0.25, -0.2) is 0 Å². The molecular formula is C25H24N2O7. The molecule has 2 atom stereocenters. The lowest BCUT2D eigenvalue weighted by Crippen LogP contribution is -2.13. The Morgan fingerprint density at radius 2 is 1.97 bits per heavy atom. The van der Waals surface area contributed by atoms with Gasteiger partial charge in [-0.05, 0) is 31.5 Å². The zero-order chi connectivity index (χ0) is 24.6. The Balaban J connectivity index is 1.98. The molecule has 0 radical (unpaired) electrons. The number of esters is 1. The lowest BCUT2D eigenvalue weighted by molar-refractivity contribution is -0.140. The van der Waals surface area contributed by atoms with E-state index in [1.165, 1.54) is 26.3 Å². The zero-order valence-electron chi connectivity index (χ0n) is 18.9. The summed E-state index contributed by atoms with van der Waals surface area (Å²) in [5.74, 6) is -2.77. The van der Waals surface area contributed by atoms with Gasteiger partial charge < -0.3 is 24.8 Å². The number of hydrogen-bond donors (Lipinski definition) is 3. The second-order valence-electron chi connectivity index (χ2n) is 8.12. The van der Waals surface area contributed by atoms with Crippen molar-refractivity contribution in [1.29, 1.82) is 0 Å². The first-order chi connectivity index (χ1) is 16.2. The molecule has 3 heterocycles. The highest BCUT2D eigenvalue weighted by Gasteiger charge is 2.36. The number of Topliss-reactive ketones (excluding diaryl/α,β-unsaturated/α-hetero) is 1. The molecule has 3 N–H and O–H groups in total. The van der Waals surface area contributed by atoms with E-state index >= 15 is 0 Å². The average Bonchev–Trinajstić information content (AvgIpc) is 3.25. The molecule has 176 valence electrons. The van der Waals surface area contributed by atoms with Gasteiger partial charge in [0.25, 0.3) is 0 Å². The molecule has 1 aliphatic heterocycles. The Morgan fingerprint density at radius 3 is 2.62 bits per heavy atom. The monoisotopic (exact) mass is 464 g/mol. The van der Waals surface area contributed by atoms with Crippen LogP contribution in [0.1, 0.15) is 69.2 Å². The normalized spacial score (nSPS) is 15.6. The van der Waals surface area contributed by atoms with Crippen LogP contribution in [-0.4, -0.2) is 44.1 Å². The fourth-order valence-electron chi connectivity index (χ4n) is 4.28. The van der Waals surface area contributed by atoms with Gasteiger partial charge >= 0.3 is 5.97 Å². The molecule has 2 aromatic heterocycles. The highest BCUT2D eigenvalue weighted by molar-refractivity contribution is 5.98. The van der Waals surface area contributed by atoms with Crippen LogP contribution in [-0.2, 0) is 20.9 Å². The maximum Gasteiger partial charge on any atom is 0.306 e. The van der Waals surface area contributed by atoms with E-state index in [4.69, 9.17) is 9.47 Å². The number of hydrogen-bond acceptors (Lipinski definition) is 9. The number of benzene rings is 1. The fraction of sp³-hybridized carbons (Fsp3) is 0.280. The summed E-state index contributed by atoms with van der Waals surface area (Å²) in [6, 6.07) is 4.71. The lowest BCUT2D eigenvalue weighted by atomic mass is 9.83. The molecular weight excluding hydrogens is 440 g/mol. The van der Waals surface area contributed by atoms with Gasteiger partial charge in [0.05, 0.1) is 31.4 Å². The zero-order valence-corrected chi connectivity index (χ0v) is 18.9. The largest absolute Gasteiger partial charge is 0.507 e. The van der Waals surface area contributed by atoms with Crippen LogP contribution in [0.2, 0.25) is 0 Å². The Kier molecular flexibility index (Phi) is 6.21. The summed E-state index contributed by atoms with van der Waals surface area (Å²) in [6.07, 6.45) is 3.51. The van der Waals surface area contributed by atoms with Crippen LogP contribution < -0.4 is 0 Å². The summed E-state index contributed by atoms with van der Waals surface area (Å²) in [4.78, 5) is 32.9. The molecule has 1 aliphatic rings.